The van der Waals surface area contributed by atoms with E-state index in [-0.39, 0.29) is 17.6 Å². The van der Waals surface area contributed by atoms with E-state index in [4.69, 9.17) is 0 Å². The normalized spacial score (nSPS) is 27.9. The molecule has 0 spiro atoms. The summed E-state index contributed by atoms with van der Waals surface area (Å²) in [4.78, 5) is 29.3. The molecule has 156 valence electrons. The maximum atomic E-state index is 13.7. The third-order valence-corrected chi connectivity index (χ3v) is 7.42. The number of carbonyl (C=O) groups excluding carboxylic acids is 2. The minimum Gasteiger partial charge on any atom is -0.304 e. The van der Waals surface area contributed by atoms with Crippen LogP contribution in [0.2, 0.25) is 0 Å². The number of likely N-dealkylation sites (tertiary alicyclic amines) is 1. The second-order valence-corrected chi connectivity index (χ2v) is 10.4. The van der Waals surface area contributed by atoms with Gasteiger partial charge in [0.05, 0.1) is 18.0 Å². The van der Waals surface area contributed by atoms with Gasteiger partial charge in [-0.25, -0.2) is 12.7 Å². The largest absolute Gasteiger partial charge is 0.304 e. The fourth-order valence-electron chi connectivity index (χ4n) is 5.01. The van der Waals surface area contributed by atoms with E-state index in [0.717, 1.165) is 17.1 Å². The topological polar surface area (TPSA) is 86.8 Å². The highest BCUT2D eigenvalue weighted by Crippen LogP contribution is 2.49. The lowest BCUT2D eigenvalue weighted by Gasteiger charge is -2.44. The monoisotopic (exact) mass is 417 g/mol. The molecule has 0 aromatic heterocycles. The van der Waals surface area contributed by atoms with Crippen LogP contribution in [0.1, 0.15) is 19.4 Å². The van der Waals surface area contributed by atoms with Crippen LogP contribution in [0.4, 0.5) is 0 Å². The van der Waals surface area contributed by atoms with Gasteiger partial charge >= 0.3 is 0 Å². The molecule has 0 unspecified atom stereocenters. The van der Waals surface area contributed by atoms with E-state index in [9.17, 15) is 18.0 Å². The summed E-state index contributed by atoms with van der Waals surface area (Å²) in [5.74, 6) is -1.34. The molecule has 0 saturated carbocycles. The van der Waals surface area contributed by atoms with Gasteiger partial charge in [0, 0.05) is 32.1 Å². The van der Waals surface area contributed by atoms with Crippen LogP contribution in [0, 0.1) is 17.3 Å². The number of nitrogens with zero attached hydrogens (tertiary/aromatic N) is 2. The smallest absolute Gasteiger partial charge is 0.256 e. The molecule has 1 aromatic rings. The lowest BCUT2D eigenvalue weighted by molar-refractivity contribution is -0.151. The number of hydrogen-bond donors (Lipinski definition) is 1. The number of ketones is 1. The molecule has 3 aliphatic rings. The Balaban J connectivity index is 1.59. The summed E-state index contributed by atoms with van der Waals surface area (Å²) in [7, 11) is -3.80. The van der Waals surface area contributed by atoms with E-state index < -0.39 is 27.4 Å². The van der Waals surface area contributed by atoms with E-state index in [2.05, 4.69) is 22.3 Å². The standard InChI is InChI=1S/C21H27N3O4S/c1-14(2)21(18-17(9-10-22-18)24(20(21)26)29(3,27)28)19(25)16-12-23(13-16)11-15-7-5-4-6-8-15/h4-9,14,16,18,22H,10-13H2,1-3H3/t18-,21+/m0/s1. The fraction of sp³-hybridized carbons (Fsp3) is 0.524. The molecule has 4 rings (SSSR count). The summed E-state index contributed by atoms with van der Waals surface area (Å²) in [5.41, 5.74) is 0.203. The second kappa shape index (κ2) is 7.04. The highest BCUT2D eigenvalue weighted by atomic mass is 32.2. The van der Waals surface area contributed by atoms with Crippen molar-refractivity contribution in [1.82, 2.24) is 14.5 Å². The van der Waals surface area contributed by atoms with E-state index >= 15 is 0 Å². The molecule has 1 amide bonds. The third-order valence-electron chi connectivity index (χ3n) is 6.38. The van der Waals surface area contributed by atoms with Crippen LogP contribution in [-0.2, 0) is 26.2 Å². The van der Waals surface area contributed by atoms with Crippen molar-refractivity contribution >= 4 is 21.7 Å². The predicted octanol–water partition coefficient (Wildman–Crippen LogP) is 0.987. The summed E-state index contributed by atoms with van der Waals surface area (Å²) >= 11 is 0. The molecule has 2 saturated heterocycles. The zero-order chi connectivity index (χ0) is 21.0. The molecule has 2 atom stereocenters. The Hall–Kier alpha value is -2.03. The number of carbonyl (C=O) groups is 2. The van der Waals surface area contributed by atoms with Gasteiger partial charge in [-0.15, -0.1) is 0 Å². The molecule has 8 heteroatoms. The van der Waals surface area contributed by atoms with Gasteiger partial charge in [0.25, 0.3) is 5.91 Å². The molecule has 0 bridgehead atoms. The van der Waals surface area contributed by atoms with Crippen molar-refractivity contribution < 1.29 is 18.0 Å². The second-order valence-electron chi connectivity index (χ2n) is 8.57. The molecule has 0 radical (unpaired) electrons. The number of rotatable bonds is 6. The van der Waals surface area contributed by atoms with Gasteiger partial charge in [-0.3, -0.25) is 14.5 Å². The Kier molecular flexibility index (Phi) is 4.91. The molecule has 7 nitrogen and oxygen atoms in total. The van der Waals surface area contributed by atoms with Crippen molar-refractivity contribution in [3.05, 3.63) is 47.7 Å². The number of nitrogens with one attached hydrogen (secondary N) is 1. The fourth-order valence-corrected chi connectivity index (χ4v) is 6.02. The minimum atomic E-state index is -3.80. The molecule has 0 aliphatic carbocycles. The van der Waals surface area contributed by atoms with Gasteiger partial charge in [0.1, 0.15) is 5.41 Å². The molecule has 1 aromatic carbocycles. The molecule has 29 heavy (non-hydrogen) atoms. The number of sulfonamides is 1. The SMILES string of the molecule is CC(C)[C@@]1(C(=O)C2CN(Cc3ccccc3)C2)C(=O)N(S(C)(=O)=O)C2=CCN[C@@H]21. The molecule has 3 heterocycles. The zero-order valence-electron chi connectivity index (χ0n) is 17.0. The number of hydrogen-bond acceptors (Lipinski definition) is 6. The van der Waals surface area contributed by atoms with Crippen molar-refractivity contribution in [1.29, 1.82) is 0 Å². The van der Waals surface area contributed by atoms with Crippen LogP contribution in [0.3, 0.4) is 0 Å². The number of amides is 1. The third kappa shape index (κ3) is 3.05. The van der Waals surface area contributed by atoms with Gasteiger partial charge in [0.2, 0.25) is 10.0 Å². The Morgan fingerprint density at radius 1 is 1.24 bits per heavy atom. The van der Waals surface area contributed by atoms with Gasteiger partial charge in [-0.2, -0.15) is 0 Å². The highest BCUT2D eigenvalue weighted by molar-refractivity contribution is 7.89. The van der Waals surface area contributed by atoms with E-state index in [1.165, 1.54) is 5.56 Å². The quantitative estimate of drug-likeness (QED) is 0.695. The van der Waals surface area contributed by atoms with Crippen molar-refractivity contribution in [3.8, 4) is 0 Å². The van der Waals surface area contributed by atoms with E-state index in [1.807, 2.05) is 32.0 Å². The Morgan fingerprint density at radius 3 is 2.48 bits per heavy atom. The van der Waals surface area contributed by atoms with Crippen LogP contribution < -0.4 is 5.32 Å². The van der Waals surface area contributed by atoms with Gasteiger partial charge < -0.3 is 5.32 Å². The number of Topliss-reactive ketones (excluding diaryl/α,β-unsaturated/α-hetero) is 1. The van der Waals surface area contributed by atoms with Crippen molar-refractivity contribution in [2.75, 3.05) is 25.9 Å². The summed E-state index contributed by atoms with van der Waals surface area (Å²) in [6.07, 6.45) is 2.73. The summed E-state index contributed by atoms with van der Waals surface area (Å²) in [5, 5.41) is 3.20. The summed E-state index contributed by atoms with van der Waals surface area (Å²) in [6.45, 7) is 6.04. The van der Waals surface area contributed by atoms with Crippen LogP contribution in [-0.4, -0.2) is 61.2 Å². The van der Waals surface area contributed by atoms with Gasteiger partial charge in [0.15, 0.2) is 5.78 Å². The first-order valence-corrected chi connectivity index (χ1v) is 11.8. The minimum absolute atomic E-state index is 0.140. The zero-order valence-corrected chi connectivity index (χ0v) is 17.8. The molecular weight excluding hydrogens is 390 g/mol. The first-order chi connectivity index (χ1) is 13.7. The Morgan fingerprint density at radius 2 is 1.90 bits per heavy atom. The maximum Gasteiger partial charge on any atom is 0.256 e. The van der Waals surface area contributed by atoms with E-state index in [0.29, 0.717) is 25.3 Å². The average Bonchev–Trinajstić information content (AvgIpc) is 3.15. The average molecular weight is 418 g/mol. The lowest BCUT2D eigenvalue weighted by Crippen LogP contribution is -2.61. The van der Waals surface area contributed by atoms with Crippen molar-refractivity contribution in [3.63, 3.8) is 0 Å². The van der Waals surface area contributed by atoms with Crippen LogP contribution in [0.25, 0.3) is 0 Å². The molecule has 2 fully saturated rings. The maximum absolute atomic E-state index is 13.7. The van der Waals surface area contributed by atoms with Crippen LogP contribution in [0.5, 0.6) is 0 Å². The first-order valence-electron chi connectivity index (χ1n) is 9.96. The number of fused-ring (bicyclic) bond motifs is 1. The Labute approximate surface area is 171 Å². The van der Waals surface area contributed by atoms with E-state index in [1.54, 1.807) is 6.08 Å². The summed E-state index contributed by atoms with van der Waals surface area (Å²) in [6, 6.07) is 9.46. The van der Waals surface area contributed by atoms with Crippen LogP contribution in [0.15, 0.2) is 42.1 Å². The molecular formula is C21H27N3O4S. The van der Waals surface area contributed by atoms with Crippen LogP contribution >= 0.6 is 0 Å². The highest BCUT2D eigenvalue weighted by Gasteiger charge is 2.67. The first kappa shape index (κ1) is 20.3. The molecule has 3 aliphatic heterocycles. The molecule has 1 N–H and O–H groups in total. The lowest BCUT2D eigenvalue weighted by atomic mass is 9.65. The predicted molar refractivity (Wildman–Crippen MR) is 109 cm³/mol. The van der Waals surface area contributed by atoms with Crippen molar-refractivity contribution in [2.45, 2.75) is 26.4 Å². The van der Waals surface area contributed by atoms with Gasteiger partial charge in [-0.1, -0.05) is 44.2 Å². The Bertz CT molecular complexity index is 967. The summed E-state index contributed by atoms with van der Waals surface area (Å²) < 4.78 is 25.5. The number of benzene rings is 1. The van der Waals surface area contributed by atoms with Gasteiger partial charge in [-0.05, 0) is 17.6 Å². The van der Waals surface area contributed by atoms with Crippen molar-refractivity contribution in [2.24, 2.45) is 17.3 Å².